The largest absolute Gasteiger partial charge is 0.504 e. The Kier molecular flexibility index (Phi) is 20.7. The third-order valence-corrected chi connectivity index (χ3v) is 6.44. The van der Waals surface area contributed by atoms with Gasteiger partial charge in [0.2, 0.25) is 0 Å². The predicted octanol–water partition coefficient (Wildman–Crippen LogP) is 8.08. The molecule has 0 amide bonds. The molecule has 0 aliphatic heterocycles. The van der Waals surface area contributed by atoms with E-state index in [1.165, 1.54) is 31.0 Å². The van der Waals surface area contributed by atoms with E-state index in [-0.39, 0.29) is 17.4 Å². The lowest BCUT2D eigenvalue weighted by Gasteiger charge is -2.40. The number of aromatic hydroxyl groups is 2. The van der Waals surface area contributed by atoms with Gasteiger partial charge < -0.3 is 26.0 Å². The van der Waals surface area contributed by atoms with E-state index in [4.69, 9.17) is 5.73 Å². The highest BCUT2D eigenvalue weighted by Gasteiger charge is 2.41. The second-order valence-corrected chi connectivity index (χ2v) is 8.76. The molecule has 2 aromatic rings. The number of phenolic OH excluding ortho intramolecular Hbond substituents is 2. The van der Waals surface area contributed by atoms with Crippen molar-refractivity contribution in [2.45, 2.75) is 119 Å². The molecule has 0 bridgehead atoms. The maximum atomic E-state index is 11.5. The van der Waals surface area contributed by atoms with E-state index in [0.29, 0.717) is 25.8 Å². The normalized spacial score (nSPS) is 17.2. The fourth-order valence-electron chi connectivity index (χ4n) is 4.60. The van der Waals surface area contributed by atoms with Gasteiger partial charge in [0.1, 0.15) is 0 Å². The Hall–Kier alpha value is -2.24. The molecule has 1 aliphatic rings. The van der Waals surface area contributed by atoms with E-state index in [1.54, 1.807) is 12.1 Å². The number of nitrogens with one attached hydrogen (secondary N) is 1. The lowest BCUT2D eigenvalue weighted by Crippen LogP contribution is -2.46. The summed E-state index contributed by atoms with van der Waals surface area (Å²) in [7, 11) is 0. The number of aliphatic hydroxyl groups is 1. The van der Waals surface area contributed by atoms with Crippen molar-refractivity contribution in [3.63, 3.8) is 0 Å². The molecule has 2 atom stereocenters. The van der Waals surface area contributed by atoms with Crippen molar-refractivity contribution in [1.29, 1.82) is 0 Å². The van der Waals surface area contributed by atoms with Crippen LogP contribution in [0.5, 0.6) is 11.5 Å². The molecule has 1 aromatic heterocycles. The van der Waals surface area contributed by atoms with Crippen LogP contribution in [-0.2, 0) is 19.3 Å². The smallest absolute Gasteiger partial charge is 0.157 e. The Bertz CT molecular complexity index is 858. The molecule has 5 heteroatoms. The Morgan fingerprint density at radius 1 is 1.05 bits per heavy atom. The Labute approximate surface area is 228 Å². The fraction of sp³-hybridized carbons (Fsp3) is 0.625. The fourth-order valence-corrected chi connectivity index (χ4v) is 4.60. The molecule has 1 aliphatic carbocycles. The monoisotopic (exact) mass is 518 g/mol. The van der Waals surface area contributed by atoms with Crippen LogP contribution in [0.3, 0.4) is 0 Å². The molecular formula is C32H58N2O3. The number of aromatic amines is 1. The van der Waals surface area contributed by atoms with Crippen molar-refractivity contribution in [3.05, 3.63) is 52.9 Å². The number of phenols is 2. The Morgan fingerprint density at radius 3 is 2.11 bits per heavy atom. The summed E-state index contributed by atoms with van der Waals surface area (Å²) in [5.41, 5.74) is 10.4. The molecular weight excluding hydrogens is 460 g/mol. The standard InChI is InChI=1S/C21H28N2O3.C5H12.3C2H6/c1-3-16-13(2)23-18-11-15(7-9-22)21(26,12-17(16)18)8-6-14-4-5-19(24)20(25)10-14;1-3-5-4-2;3*1-2/h3-5,10,15,23-26H,1,6-9,11-12,22H2,2H3;3-5H2,1-2H3;3*1-2H3/t15?,21-;;;;/m0..../s1. The van der Waals surface area contributed by atoms with Crippen molar-refractivity contribution >= 4 is 6.08 Å². The molecule has 3 rings (SSSR count). The topological polar surface area (TPSA) is 102 Å². The van der Waals surface area contributed by atoms with Crippen LogP contribution in [0.25, 0.3) is 6.08 Å². The number of rotatable bonds is 8. The van der Waals surface area contributed by atoms with Crippen molar-refractivity contribution < 1.29 is 15.3 Å². The van der Waals surface area contributed by atoms with Crippen molar-refractivity contribution in [3.8, 4) is 11.5 Å². The first kappa shape index (κ1) is 36.9. The van der Waals surface area contributed by atoms with Crippen molar-refractivity contribution in [2.75, 3.05) is 6.54 Å². The van der Waals surface area contributed by atoms with Gasteiger partial charge in [-0.25, -0.2) is 0 Å². The van der Waals surface area contributed by atoms with E-state index in [1.807, 2.05) is 54.5 Å². The number of aryl methyl sites for hydroxylation is 2. The number of hydrogen-bond donors (Lipinski definition) is 5. The van der Waals surface area contributed by atoms with E-state index >= 15 is 0 Å². The molecule has 0 saturated carbocycles. The number of aromatic nitrogens is 1. The first-order valence-corrected chi connectivity index (χ1v) is 14.6. The summed E-state index contributed by atoms with van der Waals surface area (Å²) in [4.78, 5) is 3.45. The van der Waals surface area contributed by atoms with Crippen molar-refractivity contribution in [2.24, 2.45) is 11.7 Å². The number of unbranched alkanes of at least 4 members (excludes halogenated alkanes) is 2. The van der Waals surface area contributed by atoms with Crippen LogP contribution in [0.2, 0.25) is 0 Å². The van der Waals surface area contributed by atoms with Gasteiger partial charge >= 0.3 is 0 Å². The molecule has 37 heavy (non-hydrogen) atoms. The van der Waals surface area contributed by atoms with Gasteiger partial charge in [-0.1, -0.05) is 93.4 Å². The predicted molar refractivity (Wildman–Crippen MR) is 162 cm³/mol. The maximum absolute atomic E-state index is 11.5. The van der Waals surface area contributed by atoms with Crippen LogP contribution in [-0.4, -0.2) is 32.4 Å². The molecule has 1 aromatic carbocycles. The van der Waals surface area contributed by atoms with Crippen molar-refractivity contribution in [1.82, 2.24) is 4.98 Å². The van der Waals surface area contributed by atoms with Crippen LogP contribution in [0.4, 0.5) is 0 Å². The zero-order valence-electron chi connectivity index (χ0n) is 25.4. The summed E-state index contributed by atoms with van der Waals surface area (Å²) < 4.78 is 0. The van der Waals surface area contributed by atoms with Crippen LogP contribution in [0.15, 0.2) is 24.8 Å². The lowest BCUT2D eigenvalue weighted by atomic mass is 9.70. The minimum Gasteiger partial charge on any atom is -0.504 e. The van der Waals surface area contributed by atoms with Gasteiger partial charge in [0, 0.05) is 17.8 Å². The van der Waals surface area contributed by atoms with Gasteiger partial charge in [-0.05, 0) is 73.9 Å². The lowest BCUT2D eigenvalue weighted by molar-refractivity contribution is -0.0350. The Morgan fingerprint density at radius 2 is 1.65 bits per heavy atom. The average Bonchev–Trinajstić information content (AvgIpc) is 3.22. The summed E-state index contributed by atoms with van der Waals surface area (Å²) in [5.74, 6) is -0.176. The van der Waals surface area contributed by atoms with Gasteiger partial charge in [-0.3, -0.25) is 0 Å². The summed E-state index contributed by atoms with van der Waals surface area (Å²) in [5, 5.41) is 30.7. The molecule has 6 N–H and O–H groups in total. The SMILES string of the molecule is C=Cc1c(C)[nH]c2c1C[C@@](O)(CCc1ccc(O)c(O)c1)C(CCN)C2.CC.CC.CC.CCCCC. The van der Waals surface area contributed by atoms with Crippen LogP contribution in [0.1, 0.15) is 116 Å². The van der Waals surface area contributed by atoms with E-state index < -0.39 is 5.60 Å². The summed E-state index contributed by atoms with van der Waals surface area (Å²) in [6, 6.07) is 4.82. The molecule has 5 nitrogen and oxygen atoms in total. The Balaban J connectivity index is 0. The van der Waals surface area contributed by atoms with Gasteiger partial charge in [0.25, 0.3) is 0 Å². The van der Waals surface area contributed by atoms with Gasteiger partial charge in [-0.2, -0.15) is 0 Å². The second kappa shape index (κ2) is 20.8. The van der Waals surface area contributed by atoms with Crippen LogP contribution < -0.4 is 5.73 Å². The number of nitrogens with two attached hydrogens (primary N) is 1. The molecule has 0 radical (unpaired) electrons. The maximum Gasteiger partial charge on any atom is 0.157 e. The number of H-pyrrole nitrogens is 1. The second-order valence-electron chi connectivity index (χ2n) is 8.76. The zero-order valence-corrected chi connectivity index (χ0v) is 25.4. The van der Waals surface area contributed by atoms with Gasteiger partial charge in [-0.15, -0.1) is 0 Å². The van der Waals surface area contributed by atoms with Crippen LogP contribution in [0, 0.1) is 12.8 Å². The van der Waals surface area contributed by atoms with Gasteiger partial charge in [0.15, 0.2) is 11.5 Å². The highest BCUT2D eigenvalue weighted by molar-refractivity contribution is 5.58. The average molecular weight is 519 g/mol. The summed E-state index contributed by atoms with van der Waals surface area (Å²) >= 11 is 0. The summed E-state index contributed by atoms with van der Waals surface area (Å²) in [6.07, 6.45) is 9.23. The molecule has 0 fully saturated rings. The minimum absolute atomic E-state index is 0.0847. The quantitative estimate of drug-likeness (QED) is 0.228. The molecule has 1 heterocycles. The van der Waals surface area contributed by atoms with E-state index in [2.05, 4.69) is 25.4 Å². The highest BCUT2D eigenvalue weighted by Crippen LogP contribution is 2.40. The minimum atomic E-state index is -0.855. The van der Waals surface area contributed by atoms with Gasteiger partial charge in [0.05, 0.1) is 5.60 Å². The van der Waals surface area contributed by atoms with E-state index in [9.17, 15) is 15.3 Å². The first-order chi connectivity index (χ1) is 17.8. The van der Waals surface area contributed by atoms with E-state index in [0.717, 1.165) is 35.2 Å². The number of benzene rings is 1. The molecule has 0 spiro atoms. The molecule has 1 unspecified atom stereocenters. The number of fused-ring (bicyclic) bond motifs is 1. The molecule has 214 valence electrons. The third kappa shape index (κ3) is 11.4. The summed E-state index contributed by atoms with van der Waals surface area (Å²) in [6.45, 7) is 22.9. The zero-order chi connectivity index (χ0) is 29.0. The number of hydrogen-bond acceptors (Lipinski definition) is 4. The first-order valence-electron chi connectivity index (χ1n) is 14.6. The molecule has 0 saturated heterocycles. The third-order valence-electron chi connectivity index (χ3n) is 6.44. The highest BCUT2D eigenvalue weighted by atomic mass is 16.3. The van der Waals surface area contributed by atoms with Crippen LogP contribution >= 0.6 is 0 Å².